The Kier molecular flexibility index (Phi) is 3.40. The number of nitrogens with zero attached hydrogens (tertiary/aromatic N) is 2. The number of rotatable bonds is 1. The standard InChI is InChI=1S/C11H6BrClF2N2/c1-5-9(12)10(13)17-11(16-5)6-2-7(14)4-8(15)3-6/h2-4H,1H3. The summed E-state index contributed by atoms with van der Waals surface area (Å²) in [6.07, 6.45) is 0. The van der Waals surface area contributed by atoms with Crippen molar-refractivity contribution >= 4 is 27.5 Å². The quantitative estimate of drug-likeness (QED) is 0.738. The molecule has 1 aromatic heterocycles. The molecule has 1 aromatic carbocycles. The summed E-state index contributed by atoms with van der Waals surface area (Å²) in [6.45, 7) is 1.72. The smallest absolute Gasteiger partial charge is 0.161 e. The van der Waals surface area contributed by atoms with Crippen molar-refractivity contribution in [2.75, 3.05) is 0 Å². The van der Waals surface area contributed by atoms with Crippen molar-refractivity contribution in [2.24, 2.45) is 0 Å². The van der Waals surface area contributed by atoms with Gasteiger partial charge in [-0.25, -0.2) is 18.7 Å². The number of halogens is 4. The van der Waals surface area contributed by atoms with E-state index in [0.29, 0.717) is 10.2 Å². The van der Waals surface area contributed by atoms with Crippen LogP contribution in [0.15, 0.2) is 22.7 Å². The Morgan fingerprint density at radius 2 is 1.71 bits per heavy atom. The van der Waals surface area contributed by atoms with Crippen molar-refractivity contribution in [1.29, 1.82) is 0 Å². The Balaban J connectivity index is 2.60. The normalized spacial score (nSPS) is 10.6. The predicted molar refractivity (Wildman–Crippen MR) is 64.8 cm³/mol. The molecule has 17 heavy (non-hydrogen) atoms. The number of aromatic nitrogens is 2. The molecule has 0 unspecified atom stereocenters. The Hall–Kier alpha value is -1.07. The summed E-state index contributed by atoms with van der Waals surface area (Å²) in [5, 5.41) is 0.206. The first-order valence-electron chi connectivity index (χ1n) is 4.63. The van der Waals surface area contributed by atoms with E-state index in [2.05, 4.69) is 25.9 Å². The fraction of sp³-hybridized carbons (Fsp3) is 0.0909. The number of benzene rings is 1. The van der Waals surface area contributed by atoms with Gasteiger partial charge in [0.25, 0.3) is 0 Å². The van der Waals surface area contributed by atoms with Gasteiger partial charge in [0.05, 0.1) is 10.2 Å². The van der Waals surface area contributed by atoms with Gasteiger partial charge in [-0.2, -0.15) is 0 Å². The Bertz CT molecular complexity index is 546. The minimum atomic E-state index is -0.680. The number of hydrogen-bond acceptors (Lipinski definition) is 2. The third-order valence-corrected chi connectivity index (χ3v) is 3.55. The van der Waals surface area contributed by atoms with Crippen molar-refractivity contribution in [3.8, 4) is 11.4 Å². The first kappa shape index (κ1) is 12.4. The average Bonchev–Trinajstić information content (AvgIpc) is 2.23. The van der Waals surface area contributed by atoms with E-state index in [1.165, 1.54) is 0 Å². The Morgan fingerprint density at radius 1 is 1.12 bits per heavy atom. The second-order valence-electron chi connectivity index (χ2n) is 3.40. The summed E-state index contributed by atoms with van der Waals surface area (Å²) in [5.41, 5.74) is 0.852. The molecule has 0 bridgehead atoms. The zero-order chi connectivity index (χ0) is 12.6. The first-order valence-corrected chi connectivity index (χ1v) is 5.80. The van der Waals surface area contributed by atoms with E-state index in [4.69, 9.17) is 11.6 Å². The predicted octanol–water partition coefficient (Wildman–Crippen LogP) is 4.15. The summed E-state index contributed by atoms with van der Waals surface area (Å²) in [4.78, 5) is 8.07. The highest BCUT2D eigenvalue weighted by Gasteiger charge is 2.11. The minimum Gasteiger partial charge on any atom is -0.232 e. The molecular formula is C11H6BrClF2N2. The van der Waals surface area contributed by atoms with Crippen LogP contribution in [-0.2, 0) is 0 Å². The van der Waals surface area contributed by atoms with Crippen LogP contribution in [0.3, 0.4) is 0 Å². The molecule has 0 N–H and O–H groups in total. The van der Waals surface area contributed by atoms with E-state index in [1.54, 1.807) is 6.92 Å². The molecule has 0 radical (unpaired) electrons. The maximum atomic E-state index is 13.1. The van der Waals surface area contributed by atoms with Crippen LogP contribution in [0.25, 0.3) is 11.4 Å². The SMILES string of the molecule is Cc1nc(-c2cc(F)cc(F)c2)nc(Cl)c1Br. The van der Waals surface area contributed by atoms with E-state index >= 15 is 0 Å². The molecule has 0 amide bonds. The van der Waals surface area contributed by atoms with Gasteiger partial charge in [-0.1, -0.05) is 11.6 Å². The summed E-state index contributed by atoms with van der Waals surface area (Å²) in [7, 11) is 0. The molecule has 0 saturated carbocycles. The number of aryl methyl sites for hydroxylation is 1. The molecule has 88 valence electrons. The van der Waals surface area contributed by atoms with E-state index in [1.807, 2.05) is 0 Å². The lowest BCUT2D eigenvalue weighted by Crippen LogP contribution is -1.95. The highest BCUT2D eigenvalue weighted by molar-refractivity contribution is 9.10. The molecule has 2 rings (SSSR count). The fourth-order valence-electron chi connectivity index (χ4n) is 1.34. The van der Waals surface area contributed by atoms with Crippen LogP contribution < -0.4 is 0 Å². The van der Waals surface area contributed by atoms with Crippen molar-refractivity contribution in [3.63, 3.8) is 0 Å². The lowest BCUT2D eigenvalue weighted by molar-refractivity contribution is 0.584. The molecule has 0 aliphatic heterocycles. The van der Waals surface area contributed by atoms with Crippen LogP contribution in [0.5, 0.6) is 0 Å². The van der Waals surface area contributed by atoms with E-state index in [0.717, 1.165) is 18.2 Å². The van der Waals surface area contributed by atoms with Crippen molar-refractivity contribution in [2.45, 2.75) is 6.92 Å². The van der Waals surface area contributed by atoms with E-state index < -0.39 is 11.6 Å². The van der Waals surface area contributed by atoms with Crippen LogP contribution in [0.2, 0.25) is 5.15 Å². The zero-order valence-corrected chi connectivity index (χ0v) is 11.0. The molecule has 0 fully saturated rings. The van der Waals surface area contributed by atoms with Gasteiger partial charge < -0.3 is 0 Å². The highest BCUT2D eigenvalue weighted by Crippen LogP contribution is 2.26. The van der Waals surface area contributed by atoms with Crippen LogP contribution in [-0.4, -0.2) is 9.97 Å². The van der Waals surface area contributed by atoms with Gasteiger partial charge in [-0.15, -0.1) is 0 Å². The minimum absolute atomic E-state index is 0.189. The highest BCUT2D eigenvalue weighted by atomic mass is 79.9. The lowest BCUT2D eigenvalue weighted by Gasteiger charge is -2.05. The van der Waals surface area contributed by atoms with E-state index in [-0.39, 0.29) is 16.5 Å². The van der Waals surface area contributed by atoms with Gasteiger partial charge in [0, 0.05) is 11.6 Å². The average molecular weight is 320 g/mol. The third-order valence-electron chi connectivity index (χ3n) is 2.10. The molecule has 0 saturated heterocycles. The van der Waals surface area contributed by atoms with Gasteiger partial charge in [0.2, 0.25) is 0 Å². The molecular weight excluding hydrogens is 313 g/mol. The molecule has 2 aromatic rings. The van der Waals surface area contributed by atoms with Gasteiger partial charge in [0.15, 0.2) is 5.82 Å². The van der Waals surface area contributed by atoms with Crippen LogP contribution >= 0.6 is 27.5 Å². The lowest BCUT2D eigenvalue weighted by atomic mass is 10.2. The monoisotopic (exact) mass is 318 g/mol. The van der Waals surface area contributed by atoms with Gasteiger partial charge >= 0.3 is 0 Å². The molecule has 0 aliphatic carbocycles. The number of hydrogen-bond donors (Lipinski definition) is 0. The third kappa shape index (κ3) is 2.61. The van der Waals surface area contributed by atoms with Crippen LogP contribution in [0, 0.1) is 18.6 Å². The van der Waals surface area contributed by atoms with Gasteiger partial charge in [0.1, 0.15) is 16.8 Å². The second-order valence-corrected chi connectivity index (χ2v) is 4.55. The van der Waals surface area contributed by atoms with Crippen molar-refractivity contribution < 1.29 is 8.78 Å². The summed E-state index contributed by atoms with van der Waals surface area (Å²) < 4.78 is 26.7. The first-order chi connectivity index (χ1) is 7.97. The topological polar surface area (TPSA) is 25.8 Å². The fourth-order valence-corrected chi connectivity index (χ4v) is 1.73. The van der Waals surface area contributed by atoms with Crippen LogP contribution in [0.4, 0.5) is 8.78 Å². The molecule has 6 heteroatoms. The maximum Gasteiger partial charge on any atom is 0.161 e. The van der Waals surface area contributed by atoms with Crippen LogP contribution in [0.1, 0.15) is 5.69 Å². The van der Waals surface area contributed by atoms with Crippen molar-refractivity contribution in [1.82, 2.24) is 9.97 Å². The summed E-state index contributed by atoms with van der Waals surface area (Å²) in [5.74, 6) is -1.17. The molecule has 1 heterocycles. The zero-order valence-electron chi connectivity index (χ0n) is 8.64. The summed E-state index contributed by atoms with van der Waals surface area (Å²) in [6, 6.07) is 3.10. The summed E-state index contributed by atoms with van der Waals surface area (Å²) >= 11 is 9.07. The maximum absolute atomic E-state index is 13.1. The largest absolute Gasteiger partial charge is 0.232 e. The molecule has 0 spiro atoms. The second kappa shape index (κ2) is 4.66. The molecule has 2 nitrogen and oxygen atoms in total. The Labute approximate surface area is 110 Å². The molecule has 0 atom stereocenters. The van der Waals surface area contributed by atoms with Crippen molar-refractivity contribution in [3.05, 3.63) is 45.2 Å². The Morgan fingerprint density at radius 3 is 2.24 bits per heavy atom. The van der Waals surface area contributed by atoms with Gasteiger partial charge in [-0.3, -0.25) is 0 Å². The van der Waals surface area contributed by atoms with Gasteiger partial charge in [-0.05, 0) is 35.0 Å². The van der Waals surface area contributed by atoms with E-state index in [9.17, 15) is 8.78 Å². The molecule has 0 aliphatic rings.